The van der Waals surface area contributed by atoms with Crippen LogP contribution in [0.3, 0.4) is 0 Å². The van der Waals surface area contributed by atoms with Crippen LogP contribution in [0.2, 0.25) is 10.0 Å². The van der Waals surface area contributed by atoms with E-state index in [1.807, 2.05) is 31.2 Å². The van der Waals surface area contributed by atoms with Crippen molar-refractivity contribution in [3.63, 3.8) is 0 Å². The van der Waals surface area contributed by atoms with Crippen LogP contribution in [-0.2, 0) is 0 Å². The van der Waals surface area contributed by atoms with Crippen molar-refractivity contribution in [2.24, 2.45) is 0 Å². The van der Waals surface area contributed by atoms with Gasteiger partial charge < -0.3 is 0 Å². The summed E-state index contributed by atoms with van der Waals surface area (Å²) >= 11 is 13.7. The highest BCUT2D eigenvalue weighted by molar-refractivity contribution is 7.99. The van der Waals surface area contributed by atoms with E-state index in [4.69, 9.17) is 28.6 Å². The van der Waals surface area contributed by atoms with Gasteiger partial charge >= 0.3 is 5.69 Å². The van der Waals surface area contributed by atoms with Gasteiger partial charge in [0.25, 0.3) is 0 Å². The minimum atomic E-state index is 0.346. The summed E-state index contributed by atoms with van der Waals surface area (Å²) in [6.45, 7) is 2.03. The smallest absolute Gasteiger partial charge is 0.0870 e. The van der Waals surface area contributed by atoms with Crippen molar-refractivity contribution in [1.29, 1.82) is 5.39 Å². The predicted octanol–water partition coefficient (Wildman–Crippen LogP) is 5.94. The van der Waals surface area contributed by atoms with Crippen molar-refractivity contribution < 1.29 is 0 Å². The van der Waals surface area contributed by atoms with E-state index in [9.17, 15) is 0 Å². The molecule has 0 fully saturated rings. The third-order valence-corrected chi connectivity index (χ3v) is 4.31. The number of hydrogen-bond donors (Lipinski definition) is 0. The Balaban J connectivity index is 2.35. The average Bonchev–Trinajstić information content (AvgIpc) is 2.35. The molecule has 2 aromatic carbocycles. The van der Waals surface area contributed by atoms with Crippen LogP contribution < -0.4 is 0 Å². The van der Waals surface area contributed by atoms with Crippen molar-refractivity contribution in [1.82, 2.24) is 0 Å². The van der Waals surface area contributed by atoms with Gasteiger partial charge in [-0.3, -0.25) is 0 Å². The van der Waals surface area contributed by atoms with Gasteiger partial charge in [0.1, 0.15) is 0 Å². The Hall–Kier alpha value is -1.21. The third-order valence-electron chi connectivity index (χ3n) is 2.34. The van der Waals surface area contributed by atoms with Gasteiger partial charge in [-0.15, -0.1) is 0 Å². The number of diazo groups is 1. The maximum atomic E-state index is 8.70. The van der Waals surface area contributed by atoms with Gasteiger partial charge in [0.05, 0.1) is 27.1 Å². The van der Waals surface area contributed by atoms with E-state index < -0.39 is 0 Å². The molecule has 0 aliphatic heterocycles. The summed E-state index contributed by atoms with van der Waals surface area (Å²) in [4.78, 5) is 4.89. The van der Waals surface area contributed by atoms with E-state index in [1.165, 1.54) is 17.3 Å². The monoisotopic (exact) mass is 295 g/mol. The van der Waals surface area contributed by atoms with Gasteiger partial charge in [-0.05, 0) is 19.1 Å². The molecular weight excluding hydrogens is 287 g/mol. The molecule has 5 heteroatoms. The fraction of sp³-hybridized carbons (Fsp3) is 0.0769. The Morgan fingerprint density at radius 1 is 1.06 bits per heavy atom. The second kappa shape index (κ2) is 5.62. The molecule has 0 aromatic heterocycles. The summed E-state index contributed by atoms with van der Waals surface area (Å²) in [6, 6.07) is 11.2. The minimum absolute atomic E-state index is 0.346. The number of halogens is 2. The first kappa shape index (κ1) is 13.2. The zero-order chi connectivity index (χ0) is 13.1. The van der Waals surface area contributed by atoms with Gasteiger partial charge in [-0.2, -0.15) is 0 Å². The quantitative estimate of drug-likeness (QED) is 0.642. The Morgan fingerprint density at radius 2 is 1.61 bits per heavy atom. The topological polar surface area (TPSA) is 28.1 Å². The summed E-state index contributed by atoms with van der Waals surface area (Å²) in [5, 5.41) is 9.64. The molecule has 0 aliphatic rings. The van der Waals surface area contributed by atoms with Crippen molar-refractivity contribution in [3.05, 3.63) is 57.0 Å². The SMILES string of the molecule is Cc1ccc(Sc2c(Cl)cc([N+]#N)cc2Cl)cc1. The Kier molecular flexibility index (Phi) is 4.13. The Morgan fingerprint density at radius 3 is 2.11 bits per heavy atom. The molecule has 18 heavy (non-hydrogen) atoms. The zero-order valence-electron chi connectivity index (χ0n) is 9.52. The first-order valence-corrected chi connectivity index (χ1v) is 6.76. The molecule has 0 aliphatic carbocycles. The number of hydrogen-bond acceptors (Lipinski definition) is 2. The third kappa shape index (κ3) is 2.97. The van der Waals surface area contributed by atoms with Gasteiger partial charge in [0.2, 0.25) is 5.39 Å². The fourth-order valence-corrected chi connectivity index (χ4v) is 2.95. The van der Waals surface area contributed by atoms with Crippen LogP contribution in [-0.4, -0.2) is 0 Å². The van der Waals surface area contributed by atoms with Crippen LogP contribution in [0.1, 0.15) is 5.56 Å². The predicted molar refractivity (Wildman–Crippen MR) is 76.5 cm³/mol. The average molecular weight is 296 g/mol. The first-order valence-electron chi connectivity index (χ1n) is 5.19. The lowest BCUT2D eigenvalue weighted by Gasteiger charge is -2.05. The first-order chi connectivity index (χ1) is 8.60. The van der Waals surface area contributed by atoms with Gasteiger partial charge in [-0.1, -0.05) is 52.7 Å². The largest absolute Gasteiger partial charge is 0.388 e. The fourth-order valence-electron chi connectivity index (χ4n) is 1.43. The lowest BCUT2D eigenvalue weighted by atomic mass is 10.2. The highest BCUT2D eigenvalue weighted by Crippen LogP contribution is 2.41. The molecule has 0 saturated heterocycles. The van der Waals surface area contributed by atoms with Crippen molar-refractivity contribution in [2.45, 2.75) is 16.7 Å². The molecule has 0 N–H and O–H groups in total. The van der Waals surface area contributed by atoms with Crippen LogP contribution in [0.5, 0.6) is 0 Å². The van der Waals surface area contributed by atoms with Gasteiger partial charge in [0, 0.05) is 4.90 Å². The zero-order valence-corrected chi connectivity index (χ0v) is 11.9. The van der Waals surface area contributed by atoms with Crippen molar-refractivity contribution in [3.8, 4) is 0 Å². The normalized spacial score (nSPS) is 10.1. The molecule has 0 unspecified atom stereocenters. The van der Waals surface area contributed by atoms with Gasteiger partial charge in [-0.25, -0.2) is 0 Å². The van der Waals surface area contributed by atoms with E-state index in [-0.39, 0.29) is 0 Å². The maximum absolute atomic E-state index is 8.70. The number of rotatable bonds is 2. The lowest BCUT2D eigenvalue weighted by Crippen LogP contribution is -1.79. The molecule has 2 aromatic rings. The number of benzene rings is 2. The highest BCUT2D eigenvalue weighted by Gasteiger charge is 2.15. The van der Waals surface area contributed by atoms with Crippen LogP contribution >= 0.6 is 35.0 Å². The molecule has 0 bridgehead atoms. The van der Waals surface area contributed by atoms with E-state index in [0.717, 1.165) is 9.79 Å². The van der Waals surface area contributed by atoms with E-state index in [1.54, 1.807) is 12.1 Å². The molecule has 0 amide bonds. The molecule has 2 nitrogen and oxygen atoms in total. The van der Waals surface area contributed by atoms with E-state index in [0.29, 0.717) is 15.7 Å². The van der Waals surface area contributed by atoms with E-state index in [2.05, 4.69) is 4.98 Å². The molecule has 0 radical (unpaired) electrons. The summed E-state index contributed by atoms with van der Waals surface area (Å²) in [5.74, 6) is 0. The highest BCUT2D eigenvalue weighted by atomic mass is 35.5. The van der Waals surface area contributed by atoms with Gasteiger partial charge in [0.15, 0.2) is 4.98 Å². The van der Waals surface area contributed by atoms with Crippen LogP contribution in [0, 0.1) is 12.3 Å². The molecule has 0 heterocycles. The van der Waals surface area contributed by atoms with Crippen molar-refractivity contribution in [2.75, 3.05) is 0 Å². The van der Waals surface area contributed by atoms with Crippen molar-refractivity contribution >= 4 is 40.7 Å². The van der Waals surface area contributed by atoms with Crippen LogP contribution in [0.25, 0.3) is 4.98 Å². The molecule has 0 atom stereocenters. The maximum Gasteiger partial charge on any atom is 0.388 e. The molecular formula is C13H9Cl2N2S+. The van der Waals surface area contributed by atoms with Crippen LogP contribution in [0.15, 0.2) is 46.2 Å². The summed E-state index contributed by atoms with van der Waals surface area (Å²) in [5.41, 5.74) is 1.55. The lowest BCUT2D eigenvalue weighted by molar-refractivity contribution is 1.36. The van der Waals surface area contributed by atoms with Crippen LogP contribution in [0.4, 0.5) is 5.69 Å². The molecule has 90 valence electrons. The number of aryl methyl sites for hydroxylation is 1. The summed E-state index contributed by atoms with van der Waals surface area (Å²) in [7, 11) is 0. The summed E-state index contributed by atoms with van der Waals surface area (Å²) < 4.78 is 0. The second-order valence-corrected chi connectivity index (χ2v) is 5.65. The summed E-state index contributed by atoms with van der Waals surface area (Å²) in [6.07, 6.45) is 0. The second-order valence-electron chi connectivity index (χ2n) is 3.75. The molecule has 2 rings (SSSR count). The Labute approximate surface area is 120 Å². The standard InChI is InChI=1S/C13H9Cl2N2S/c1-8-2-4-10(5-3-8)18-13-11(14)6-9(17-16)7-12(13)15/h2-7H,1H3/q+1. The number of nitrogens with zero attached hydrogens (tertiary/aromatic N) is 2. The van der Waals surface area contributed by atoms with E-state index >= 15 is 0 Å². The molecule has 0 saturated carbocycles. The Bertz CT molecular complexity index is 595. The minimum Gasteiger partial charge on any atom is -0.0870 e. The molecule has 0 spiro atoms.